The third kappa shape index (κ3) is 1.91. The number of carbonyl (C=O) groups is 1. The van der Waals surface area contributed by atoms with E-state index in [4.69, 9.17) is 9.78 Å². The van der Waals surface area contributed by atoms with Crippen molar-refractivity contribution in [3.63, 3.8) is 0 Å². The molecule has 14 heavy (non-hydrogen) atoms. The second-order valence-corrected chi connectivity index (χ2v) is 2.77. The van der Waals surface area contributed by atoms with Gasteiger partial charge in [-0.2, -0.15) is 5.26 Å². The molecule has 0 fully saturated rings. The fraction of sp³-hybridized carbons (Fsp3) is 0.444. The molecule has 5 heteroatoms. The van der Waals surface area contributed by atoms with E-state index in [2.05, 4.69) is 5.16 Å². The Balaban J connectivity index is 2.84. The highest BCUT2D eigenvalue weighted by Crippen LogP contribution is 2.09. The molecule has 74 valence electrons. The lowest BCUT2D eigenvalue weighted by molar-refractivity contribution is 0.0782. The van der Waals surface area contributed by atoms with Crippen LogP contribution in [0.2, 0.25) is 0 Å². The molecule has 0 aliphatic carbocycles. The zero-order valence-electron chi connectivity index (χ0n) is 8.15. The van der Waals surface area contributed by atoms with E-state index in [1.54, 1.807) is 6.92 Å². The summed E-state index contributed by atoms with van der Waals surface area (Å²) in [5.41, 5.74) is 0.419. The van der Waals surface area contributed by atoms with Crippen molar-refractivity contribution in [2.75, 3.05) is 13.1 Å². The third-order valence-electron chi connectivity index (χ3n) is 1.91. The van der Waals surface area contributed by atoms with Crippen molar-refractivity contribution in [3.05, 3.63) is 17.5 Å². The normalized spacial score (nSPS) is 9.50. The summed E-state index contributed by atoms with van der Waals surface area (Å²) >= 11 is 0. The van der Waals surface area contributed by atoms with Crippen LogP contribution in [0.3, 0.4) is 0 Å². The predicted molar refractivity (Wildman–Crippen MR) is 48.4 cm³/mol. The van der Waals surface area contributed by atoms with Crippen LogP contribution in [0.15, 0.2) is 10.7 Å². The Bertz CT molecular complexity index is 364. The average Bonchev–Trinajstić information content (AvgIpc) is 2.59. The van der Waals surface area contributed by atoms with Gasteiger partial charge in [0, 0.05) is 6.54 Å². The number of carbonyl (C=O) groups excluding carboxylic acids is 1. The molecule has 0 N–H and O–H groups in total. The number of aromatic nitrogens is 1. The Morgan fingerprint density at radius 3 is 2.93 bits per heavy atom. The highest BCUT2D eigenvalue weighted by molar-refractivity contribution is 5.94. The minimum Gasteiger partial charge on any atom is -0.361 e. The maximum atomic E-state index is 11.7. The zero-order chi connectivity index (χ0) is 10.6. The number of hydrogen-bond acceptors (Lipinski definition) is 4. The largest absolute Gasteiger partial charge is 0.361 e. The molecule has 0 atom stereocenters. The summed E-state index contributed by atoms with van der Waals surface area (Å²) < 4.78 is 4.78. The molecule has 1 heterocycles. The smallest absolute Gasteiger partial charge is 0.259 e. The first-order chi connectivity index (χ1) is 6.70. The minimum atomic E-state index is -0.215. The van der Waals surface area contributed by atoms with Gasteiger partial charge in [0.05, 0.1) is 12.3 Å². The highest BCUT2D eigenvalue weighted by Gasteiger charge is 2.18. The van der Waals surface area contributed by atoms with E-state index in [1.807, 2.05) is 13.0 Å². The monoisotopic (exact) mass is 193 g/mol. The maximum absolute atomic E-state index is 11.7. The Hall–Kier alpha value is -1.83. The van der Waals surface area contributed by atoms with E-state index in [-0.39, 0.29) is 12.5 Å². The van der Waals surface area contributed by atoms with E-state index >= 15 is 0 Å². The molecular formula is C9H11N3O2. The van der Waals surface area contributed by atoms with Gasteiger partial charge in [0.25, 0.3) is 5.91 Å². The van der Waals surface area contributed by atoms with Crippen LogP contribution in [0.1, 0.15) is 23.0 Å². The lowest BCUT2D eigenvalue weighted by Gasteiger charge is -2.15. The van der Waals surface area contributed by atoms with Gasteiger partial charge in [-0.05, 0) is 13.8 Å². The summed E-state index contributed by atoms with van der Waals surface area (Å²) in [5, 5.41) is 12.0. The molecule has 0 spiro atoms. The third-order valence-corrected chi connectivity index (χ3v) is 1.91. The molecule has 0 unspecified atom stereocenters. The summed E-state index contributed by atoms with van der Waals surface area (Å²) in [6.45, 7) is 4.06. The highest BCUT2D eigenvalue weighted by atomic mass is 16.5. The number of rotatable bonds is 3. The van der Waals surface area contributed by atoms with E-state index in [0.717, 1.165) is 0 Å². The fourth-order valence-corrected chi connectivity index (χ4v) is 1.09. The van der Waals surface area contributed by atoms with Gasteiger partial charge in [-0.15, -0.1) is 0 Å². The fourth-order valence-electron chi connectivity index (χ4n) is 1.09. The first-order valence-electron chi connectivity index (χ1n) is 4.28. The van der Waals surface area contributed by atoms with Crippen LogP contribution in [-0.2, 0) is 0 Å². The number of aryl methyl sites for hydroxylation is 1. The summed E-state index contributed by atoms with van der Waals surface area (Å²) in [5.74, 6) is 0.263. The molecule has 0 aromatic carbocycles. The average molecular weight is 193 g/mol. The molecule has 0 saturated heterocycles. The molecule has 0 aliphatic heterocycles. The molecule has 0 radical (unpaired) electrons. The first kappa shape index (κ1) is 10.3. The molecule has 0 aliphatic rings. The molecule has 1 rings (SSSR count). The predicted octanol–water partition coefficient (Wildman–Crippen LogP) is 0.969. The second-order valence-electron chi connectivity index (χ2n) is 2.77. The van der Waals surface area contributed by atoms with E-state index in [1.165, 1.54) is 11.1 Å². The molecule has 0 bridgehead atoms. The van der Waals surface area contributed by atoms with Crippen LogP contribution in [0, 0.1) is 18.3 Å². The summed E-state index contributed by atoms with van der Waals surface area (Å²) in [4.78, 5) is 13.2. The van der Waals surface area contributed by atoms with Gasteiger partial charge in [0.2, 0.25) is 0 Å². The lowest BCUT2D eigenvalue weighted by Crippen LogP contribution is -2.31. The SMILES string of the molecule is CCN(CC#N)C(=O)c1cnoc1C. The van der Waals surface area contributed by atoms with Crippen LogP contribution in [0.5, 0.6) is 0 Å². The van der Waals surface area contributed by atoms with Crippen LogP contribution >= 0.6 is 0 Å². The van der Waals surface area contributed by atoms with Crippen LogP contribution in [0.4, 0.5) is 0 Å². The quantitative estimate of drug-likeness (QED) is 0.670. The van der Waals surface area contributed by atoms with Gasteiger partial charge in [-0.1, -0.05) is 5.16 Å². The molecule has 1 aromatic rings. The number of hydrogen-bond donors (Lipinski definition) is 0. The van der Waals surface area contributed by atoms with Crippen molar-refractivity contribution in [1.82, 2.24) is 10.1 Å². The standard InChI is InChI=1S/C9H11N3O2/c1-3-12(5-4-10)9(13)8-6-11-14-7(8)2/h6H,3,5H2,1-2H3. The first-order valence-corrected chi connectivity index (χ1v) is 4.28. The Morgan fingerprint density at radius 1 is 1.79 bits per heavy atom. The van der Waals surface area contributed by atoms with Crippen molar-refractivity contribution in [3.8, 4) is 6.07 Å². The Labute approximate surface area is 81.9 Å². The Morgan fingerprint density at radius 2 is 2.50 bits per heavy atom. The number of nitriles is 1. The zero-order valence-corrected chi connectivity index (χ0v) is 8.15. The van der Waals surface area contributed by atoms with Gasteiger partial charge >= 0.3 is 0 Å². The molecule has 1 aromatic heterocycles. The van der Waals surface area contributed by atoms with Crippen LogP contribution in [0.25, 0.3) is 0 Å². The maximum Gasteiger partial charge on any atom is 0.259 e. The van der Waals surface area contributed by atoms with Crippen molar-refractivity contribution >= 4 is 5.91 Å². The Kier molecular flexibility index (Phi) is 3.24. The van der Waals surface area contributed by atoms with Gasteiger partial charge < -0.3 is 9.42 Å². The lowest BCUT2D eigenvalue weighted by atomic mass is 10.2. The summed E-state index contributed by atoms with van der Waals surface area (Å²) in [7, 11) is 0. The van der Waals surface area contributed by atoms with Crippen molar-refractivity contribution < 1.29 is 9.32 Å². The van der Waals surface area contributed by atoms with Gasteiger partial charge in [0.15, 0.2) is 0 Å². The second kappa shape index (κ2) is 4.42. The van der Waals surface area contributed by atoms with Gasteiger partial charge in [-0.25, -0.2) is 0 Å². The summed E-state index contributed by atoms with van der Waals surface area (Å²) in [6.07, 6.45) is 1.37. The molecule has 0 saturated carbocycles. The summed E-state index contributed by atoms with van der Waals surface area (Å²) in [6, 6.07) is 1.94. The molecule has 1 amide bonds. The van der Waals surface area contributed by atoms with Crippen molar-refractivity contribution in [1.29, 1.82) is 5.26 Å². The van der Waals surface area contributed by atoms with Crippen LogP contribution in [-0.4, -0.2) is 29.1 Å². The minimum absolute atomic E-state index is 0.0833. The molecular weight excluding hydrogens is 182 g/mol. The van der Waals surface area contributed by atoms with E-state index < -0.39 is 0 Å². The van der Waals surface area contributed by atoms with E-state index in [9.17, 15) is 4.79 Å². The van der Waals surface area contributed by atoms with Gasteiger partial charge in [-0.3, -0.25) is 4.79 Å². The van der Waals surface area contributed by atoms with Crippen molar-refractivity contribution in [2.24, 2.45) is 0 Å². The number of amides is 1. The van der Waals surface area contributed by atoms with Crippen molar-refractivity contribution in [2.45, 2.75) is 13.8 Å². The van der Waals surface area contributed by atoms with Gasteiger partial charge in [0.1, 0.15) is 17.9 Å². The topological polar surface area (TPSA) is 70.1 Å². The van der Waals surface area contributed by atoms with Crippen LogP contribution < -0.4 is 0 Å². The van der Waals surface area contributed by atoms with E-state index in [0.29, 0.717) is 17.9 Å². The number of nitrogens with zero attached hydrogens (tertiary/aromatic N) is 3. The molecule has 5 nitrogen and oxygen atoms in total.